The topological polar surface area (TPSA) is 74.7 Å². The molecule has 1 N–H and O–H groups in total. The number of benzene rings is 1. The average Bonchev–Trinajstić information content (AvgIpc) is 3.20. The fourth-order valence-electron chi connectivity index (χ4n) is 1.72. The fraction of sp³-hybridized carbons (Fsp3) is 0.308. The molecule has 0 unspecified atom stereocenters. The van der Waals surface area contributed by atoms with Crippen molar-refractivity contribution < 1.29 is 18.3 Å². The molecule has 1 aliphatic carbocycles. The average molecular weight is 281 g/mol. The highest BCUT2D eigenvalue weighted by Gasteiger charge is 2.34. The molecular weight excluding hydrogens is 266 g/mol. The minimum Gasteiger partial charge on any atom is -0.478 e. The van der Waals surface area contributed by atoms with E-state index in [4.69, 9.17) is 5.11 Å². The van der Waals surface area contributed by atoms with Crippen LogP contribution in [0.2, 0.25) is 0 Å². The molecule has 0 aliphatic heterocycles. The van der Waals surface area contributed by atoms with Crippen LogP contribution in [0.25, 0.3) is 6.08 Å². The van der Waals surface area contributed by atoms with Crippen LogP contribution >= 0.6 is 0 Å². The lowest BCUT2D eigenvalue weighted by molar-refractivity contribution is -0.131. The van der Waals surface area contributed by atoms with Gasteiger partial charge in [-0.25, -0.2) is 13.2 Å². The molecule has 1 saturated carbocycles. The van der Waals surface area contributed by atoms with Crippen molar-refractivity contribution in [3.63, 3.8) is 0 Å². The normalized spacial score (nSPS) is 16.1. The van der Waals surface area contributed by atoms with Crippen LogP contribution in [-0.4, -0.2) is 36.9 Å². The molecule has 2 rings (SSSR count). The van der Waals surface area contributed by atoms with Crippen molar-refractivity contribution in [2.45, 2.75) is 23.8 Å². The van der Waals surface area contributed by atoms with Crippen LogP contribution in [0.3, 0.4) is 0 Å². The molecule has 102 valence electrons. The molecule has 0 radical (unpaired) electrons. The first kappa shape index (κ1) is 13.8. The second-order valence-corrected chi connectivity index (χ2v) is 6.49. The Hall–Kier alpha value is -1.66. The molecule has 1 aromatic rings. The molecule has 0 heterocycles. The van der Waals surface area contributed by atoms with E-state index in [9.17, 15) is 13.2 Å². The maximum atomic E-state index is 12.2. The maximum absolute atomic E-state index is 12.2. The fourth-order valence-corrected chi connectivity index (χ4v) is 3.13. The smallest absolute Gasteiger partial charge is 0.328 e. The molecule has 0 saturated heterocycles. The molecule has 19 heavy (non-hydrogen) atoms. The van der Waals surface area contributed by atoms with E-state index in [-0.39, 0.29) is 10.9 Å². The lowest BCUT2D eigenvalue weighted by Gasteiger charge is -2.16. The van der Waals surface area contributed by atoms with Crippen molar-refractivity contribution in [2.75, 3.05) is 7.05 Å². The third kappa shape index (κ3) is 3.21. The highest BCUT2D eigenvalue weighted by Crippen LogP contribution is 2.30. The van der Waals surface area contributed by atoms with Crippen LogP contribution in [-0.2, 0) is 14.8 Å². The quantitative estimate of drug-likeness (QED) is 0.831. The third-order valence-corrected chi connectivity index (χ3v) is 4.96. The van der Waals surface area contributed by atoms with E-state index in [1.165, 1.54) is 22.5 Å². The monoisotopic (exact) mass is 281 g/mol. The van der Waals surface area contributed by atoms with Crippen LogP contribution in [0.5, 0.6) is 0 Å². The van der Waals surface area contributed by atoms with Crippen LogP contribution < -0.4 is 0 Å². The highest BCUT2D eigenvalue weighted by molar-refractivity contribution is 7.89. The molecule has 0 amide bonds. The highest BCUT2D eigenvalue weighted by atomic mass is 32.2. The van der Waals surface area contributed by atoms with Gasteiger partial charge in [0.15, 0.2) is 0 Å². The number of aliphatic carboxylic acids is 1. The van der Waals surface area contributed by atoms with Crippen LogP contribution in [0, 0.1) is 0 Å². The second kappa shape index (κ2) is 5.14. The van der Waals surface area contributed by atoms with Crippen LogP contribution in [0.4, 0.5) is 0 Å². The molecular formula is C13H15NO4S. The van der Waals surface area contributed by atoms with Crippen LogP contribution in [0.1, 0.15) is 18.4 Å². The summed E-state index contributed by atoms with van der Waals surface area (Å²) in [7, 11) is -1.84. The van der Waals surface area contributed by atoms with Crippen molar-refractivity contribution in [1.82, 2.24) is 4.31 Å². The van der Waals surface area contributed by atoms with E-state index in [2.05, 4.69) is 0 Å². The molecule has 0 spiro atoms. The summed E-state index contributed by atoms with van der Waals surface area (Å²) in [6.45, 7) is 0. The number of carboxylic acids is 1. The van der Waals surface area contributed by atoms with Crippen molar-refractivity contribution in [1.29, 1.82) is 0 Å². The third-order valence-electron chi connectivity index (χ3n) is 3.04. The van der Waals surface area contributed by atoms with Gasteiger partial charge >= 0.3 is 5.97 Å². The minimum absolute atomic E-state index is 0.122. The zero-order valence-corrected chi connectivity index (χ0v) is 11.3. The maximum Gasteiger partial charge on any atom is 0.328 e. The Morgan fingerprint density at radius 1 is 1.32 bits per heavy atom. The van der Waals surface area contributed by atoms with Gasteiger partial charge in [-0.3, -0.25) is 0 Å². The Morgan fingerprint density at radius 2 is 1.89 bits per heavy atom. The van der Waals surface area contributed by atoms with E-state index in [1.54, 1.807) is 19.2 Å². The Balaban J connectivity index is 2.20. The Kier molecular flexibility index (Phi) is 3.73. The second-order valence-electron chi connectivity index (χ2n) is 4.49. The Labute approximate surface area is 112 Å². The molecule has 1 fully saturated rings. The van der Waals surface area contributed by atoms with Gasteiger partial charge < -0.3 is 5.11 Å². The molecule has 1 aromatic carbocycles. The lowest BCUT2D eigenvalue weighted by Crippen LogP contribution is -2.28. The lowest BCUT2D eigenvalue weighted by atomic mass is 10.2. The van der Waals surface area contributed by atoms with Gasteiger partial charge in [0, 0.05) is 19.2 Å². The van der Waals surface area contributed by atoms with Gasteiger partial charge in [0.05, 0.1) is 4.90 Å². The summed E-state index contributed by atoms with van der Waals surface area (Å²) >= 11 is 0. The molecule has 0 aromatic heterocycles. The van der Waals surface area contributed by atoms with Crippen molar-refractivity contribution >= 4 is 22.1 Å². The minimum atomic E-state index is -3.43. The summed E-state index contributed by atoms with van der Waals surface area (Å²) in [5.41, 5.74) is 0.649. The molecule has 0 atom stereocenters. The van der Waals surface area contributed by atoms with E-state index < -0.39 is 16.0 Å². The SMILES string of the molecule is CN(C1CC1)S(=O)(=O)c1ccc(/C=C/C(=O)O)cc1. The number of carbonyl (C=O) groups is 1. The first-order chi connectivity index (χ1) is 8.91. The van der Waals surface area contributed by atoms with Crippen molar-refractivity contribution in [3.8, 4) is 0 Å². The molecule has 1 aliphatic rings. The van der Waals surface area contributed by atoms with E-state index >= 15 is 0 Å². The van der Waals surface area contributed by atoms with Crippen molar-refractivity contribution in [2.24, 2.45) is 0 Å². The largest absolute Gasteiger partial charge is 0.478 e. The Morgan fingerprint density at radius 3 is 2.37 bits per heavy atom. The van der Waals surface area contributed by atoms with Crippen molar-refractivity contribution in [3.05, 3.63) is 35.9 Å². The molecule has 5 nitrogen and oxygen atoms in total. The standard InChI is InChI=1S/C13H15NO4S/c1-14(11-5-6-11)19(17,18)12-7-2-10(3-8-12)4-9-13(15)16/h2-4,7-9,11H,5-6H2,1H3,(H,15,16)/b9-4+. The van der Waals surface area contributed by atoms with Gasteiger partial charge in [-0.2, -0.15) is 4.31 Å². The molecule has 6 heteroatoms. The van der Waals surface area contributed by atoms with Gasteiger partial charge in [0.2, 0.25) is 10.0 Å². The zero-order valence-electron chi connectivity index (χ0n) is 10.5. The van der Waals surface area contributed by atoms with Gasteiger partial charge in [-0.1, -0.05) is 12.1 Å². The van der Waals surface area contributed by atoms with Gasteiger partial charge in [0.1, 0.15) is 0 Å². The number of hydrogen-bond acceptors (Lipinski definition) is 3. The summed E-state index contributed by atoms with van der Waals surface area (Å²) in [4.78, 5) is 10.6. The Bertz CT molecular complexity index is 600. The van der Waals surface area contributed by atoms with E-state index in [0.717, 1.165) is 18.9 Å². The summed E-state index contributed by atoms with van der Waals surface area (Å²) in [6, 6.07) is 6.29. The first-order valence-electron chi connectivity index (χ1n) is 5.90. The molecule has 0 bridgehead atoms. The number of sulfonamides is 1. The zero-order chi connectivity index (χ0) is 14.0. The van der Waals surface area contributed by atoms with Gasteiger partial charge in [-0.15, -0.1) is 0 Å². The number of nitrogens with zero attached hydrogens (tertiary/aromatic N) is 1. The number of rotatable bonds is 5. The first-order valence-corrected chi connectivity index (χ1v) is 7.34. The predicted octanol–water partition coefficient (Wildman–Crippen LogP) is 1.57. The summed E-state index contributed by atoms with van der Waals surface area (Å²) in [5.74, 6) is -1.04. The van der Waals surface area contributed by atoms with Gasteiger partial charge in [0.25, 0.3) is 0 Å². The summed E-state index contributed by atoms with van der Waals surface area (Å²) in [5, 5.41) is 8.51. The van der Waals surface area contributed by atoms with E-state index in [1.807, 2.05) is 0 Å². The number of carboxylic acid groups (broad SMARTS) is 1. The predicted molar refractivity (Wildman–Crippen MR) is 71.1 cm³/mol. The van der Waals surface area contributed by atoms with E-state index in [0.29, 0.717) is 5.56 Å². The summed E-state index contributed by atoms with van der Waals surface area (Å²) < 4.78 is 25.8. The van der Waals surface area contributed by atoms with Gasteiger partial charge in [-0.05, 0) is 36.6 Å². The number of hydrogen-bond donors (Lipinski definition) is 1. The summed E-state index contributed by atoms with van der Waals surface area (Å²) in [6.07, 6.45) is 4.26. The van der Waals surface area contributed by atoms with Crippen LogP contribution in [0.15, 0.2) is 35.2 Å².